The van der Waals surface area contributed by atoms with Gasteiger partial charge in [-0.25, -0.2) is 0 Å². The second-order valence-electron chi connectivity index (χ2n) is 3.16. The molecule has 0 aliphatic rings. The van der Waals surface area contributed by atoms with Crippen LogP contribution in [-0.2, 0) is 0 Å². The van der Waals surface area contributed by atoms with Crippen LogP contribution in [-0.4, -0.2) is 0 Å². The van der Waals surface area contributed by atoms with Gasteiger partial charge in [-0.15, -0.1) is 0 Å². The Hall–Kier alpha value is -2.02. The third-order valence-electron chi connectivity index (χ3n) is 1.73. The second-order valence-corrected chi connectivity index (χ2v) is 3.16. The summed E-state index contributed by atoms with van der Waals surface area (Å²) in [6, 6.07) is 0. The van der Waals surface area contributed by atoms with Gasteiger partial charge in [0.2, 0.25) is 0 Å². The van der Waals surface area contributed by atoms with Crippen molar-refractivity contribution in [3.8, 4) is 0 Å². The van der Waals surface area contributed by atoms with Crippen molar-refractivity contribution in [2.75, 3.05) is 0 Å². The molecule has 0 aromatic heterocycles. The summed E-state index contributed by atoms with van der Waals surface area (Å²) in [5, 5.41) is 0. The van der Waals surface area contributed by atoms with Crippen LogP contribution in [0.25, 0.3) is 0 Å². The fraction of sp³-hybridized carbons (Fsp3) is 0.391. The Morgan fingerprint density at radius 3 is 1.46 bits per heavy atom. The molecule has 0 atom stereocenters. The van der Waals surface area contributed by atoms with E-state index in [1.807, 2.05) is 92.7 Å². The maximum Gasteiger partial charge on any atom is 0.0246 e. The van der Waals surface area contributed by atoms with E-state index in [1.54, 1.807) is 18.2 Å². The lowest BCUT2D eigenvalue weighted by molar-refractivity contribution is 1.43. The van der Waals surface area contributed by atoms with Crippen LogP contribution in [0.5, 0.6) is 0 Å². The predicted octanol–water partition coefficient (Wildman–Crippen LogP) is 7.92. The summed E-state index contributed by atoms with van der Waals surface area (Å²) in [7, 11) is 0. The van der Waals surface area contributed by atoms with Crippen LogP contribution >= 0.6 is 0 Å². The Morgan fingerprint density at radius 1 is 0.750 bits per heavy atom. The highest BCUT2D eigenvalue weighted by Gasteiger charge is 1.87. The summed E-state index contributed by atoms with van der Waals surface area (Å²) in [6.07, 6.45) is 15.0. The minimum absolute atomic E-state index is 0.514. The van der Waals surface area contributed by atoms with Gasteiger partial charge < -0.3 is 5.73 Å². The zero-order chi connectivity index (χ0) is 20.4. The molecular formula is C23H43N. The summed E-state index contributed by atoms with van der Waals surface area (Å²) in [4.78, 5) is 0. The molecular weight excluding hydrogens is 290 g/mol. The first kappa shape index (κ1) is 33.6. The molecule has 0 bridgehead atoms. The SMILES string of the molecule is C=C/C=C(\C=C/C)/C=C/C(C=C)=C/C(=C)N.CC.CC.CC.CC. The van der Waals surface area contributed by atoms with Crippen molar-refractivity contribution in [2.24, 2.45) is 5.73 Å². The third kappa shape index (κ3) is 32.1. The third-order valence-corrected chi connectivity index (χ3v) is 1.73. The van der Waals surface area contributed by atoms with Crippen molar-refractivity contribution in [3.05, 3.63) is 85.2 Å². The zero-order valence-corrected chi connectivity index (χ0v) is 17.8. The Morgan fingerprint density at radius 2 is 1.17 bits per heavy atom. The average molecular weight is 334 g/mol. The monoisotopic (exact) mass is 333 g/mol. The van der Waals surface area contributed by atoms with Crippen LogP contribution < -0.4 is 5.73 Å². The number of nitrogens with two attached hydrogens (primary N) is 1. The first-order valence-electron chi connectivity index (χ1n) is 9.06. The molecule has 2 N–H and O–H groups in total. The average Bonchev–Trinajstić information content (AvgIpc) is 2.65. The molecule has 0 aliphatic heterocycles. The van der Waals surface area contributed by atoms with Gasteiger partial charge >= 0.3 is 0 Å². The minimum atomic E-state index is 0.514. The Bertz CT molecular complexity index is 373. The summed E-state index contributed by atoms with van der Waals surface area (Å²) in [5.74, 6) is 0. The molecule has 0 saturated heterocycles. The maximum absolute atomic E-state index is 5.50. The molecule has 0 fully saturated rings. The van der Waals surface area contributed by atoms with Crippen LogP contribution in [0.3, 0.4) is 0 Å². The van der Waals surface area contributed by atoms with Crippen LogP contribution in [0.1, 0.15) is 62.3 Å². The first-order chi connectivity index (χ1) is 11.6. The van der Waals surface area contributed by atoms with Gasteiger partial charge in [-0.05, 0) is 24.1 Å². The molecule has 1 heteroatoms. The highest BCUT2D eigenvalue weighted by Crippen LogP contribution is 2.06. The van der Waals surface area contributed by atoms with Gasteiger partial charge in [0.1, 0.15) is 0 Å². The van der Waals surface area contributed by atoms with E-state index in [2.05, 4.69) is 19.7 Å². The van der Waals surface area contributed by atoms with Gasteiger partial charge in [-0.1, -0.05) is 118 Å². The Kier molecular flexibility index (Phi) is 52.2. The molecule has 0 radical (unpaired) electrons. The van der Waals surface area contributed by atoms with Crippen molar-refractivity contribution in [1.82, 2.24) is 0 Å². The molecule has 0 aromatic carbocycles. The van der Waals surface area contributed by atoms with Gasteiger partial charge in [-0.3, -0.25) is 0 Å². The fourth-order valence-electron chi connectivity index (χ4n) is 1.08. The standard InChI is InChI=1S/C15H19N.4C2H6/c1-5-8-15(9-6-2)11-10-14(7-3)12-13(4)16;4*1-2/h5-12H,1,3-4,16H2,2H3;4*1-2H3/b9-6-,11-10+,14-12+,15-8+;;;;. The molecule has 0 saturated carbocycles. The molecule has 0 aromatic rings. The van der Waals surface area contributed by atoms with E-state index in [-0.39, 0.29) is 0 Å². The number of rotatable bonds is 6. The highest BCUT2D eigenvalue weighted by molar-refractivity contribution is 5.41. The van der Waals surface area contributed by atoms with Gasteiger partial charge in [-0.2, -0.15) is 0 Å². The quantitative estimate of drug-likeness (QED) is 0.491. The van der Waals surface area contributed by atoms with E-state index < -0.39 is 0 Å². The summed E-state index contributed by atoms with van der Waals surface area (Å²) in [5.41, 5.74) is 8.00. The van der Waals surface area contributed by atoms with E-state index in [0.29, 0.717) is 5.70 Å². The molecule has 140 valence electrons. The summed E-state index contributed by atoms with van der Waals surface area (Å²) >= 11 is 0. The highest BCUT2D eigenvalue weighted by atomic mass is 14.5. The number of allylic oxidation sites excluding steroid dienone is 10. The van der Waals surface area contributed by atoms with E-state index in [0.717, 1.165) is 11.1 Å². The van der Waals surface area contributed by atoms with Crippen molar-refractivity contribution in [2.45, 2.75) is 62.3 Å². The van der Waals surface area contributed by atoms with E-state index in [1.165, 1.54) is 0 Å². The van der Waals surface area contributed by atoms with Gasteiger partial charge in [0, 0.05) is 5.70 Å². The lowest BCUT2D eigenvalue weighted by atomic mass is 10.1. The molecule has 0 unspecified atom stereocenters. The molecule has 24 heavy (non-hydrogen) atoms. The van der Waals surface area contributed by atoms with Crippen LogP contribution in [0.4, 0.5) is 0 Å². The smallest absolute Gasteiger partial charge is 0.0246 e. The van der Waals surface area contributed by atoms with E-state index in [4.69, 9.17) is 5.73 Å². The van der Waals surface area contributed by atoms with E-state index >= 15 is 0 Å². The maximum atomic E-state index is 5.50. The molecule has 0 spiro atoms. The molecule has 0 aliphatic carbocycles. The molecule has 0 rings (SSSR count). The Balaban J connectivity index is -0.000000130. The molecule has 0 heterocycles. The minimum Gasteiger partial charge on any atom is -0.399 e. The summed E-state index contributed by atoms with van der Waals surface area (Å²) < 4.78 is 0. The largest absolute Gasteiger partial charge is 0.399 e. The predicted molar refractivity (Wildman–Crippen MR) is 119 cm³/mol. The Labute approximate surface area is 153 Å². The molecule has 0 amide bonds. The second kappa shape index (κ2) is 37.3. The van der Waals surface area contributed by atoms with Crippen molar-refractivity contribution in [3.63, 3.8) is 0 Å². The van der Waals surface area contributed by atoms with Crippen LogP contribution in [0.2, 0.25) is 0 Å². The van der Waals surface area contributed by atoms with Crippen LogP contribution in [0, 0.1) is 0 Å². The topological polar surface area (TPSA) is 26.0 Å². The van der Waals surface area contributed by atoms with Crippen molar-refractivity contribution in [1.29, 1.82) is 0 Å². The van der Waals surface area contributed by atoms with Crippen molar-refractivity contribution < 1.29 is 0 Å². The van der Waals surface area contributed by atoms with Crippen molar-refractivity contribution >= 4 is 0 Å². The number of hydrogen-bond acceptors (Lipinski definition) is 1. The normalized spacial score (nSPS) is 9.88. The lowest BCUT2D eigenvalue weighted by Crippen LogP contribution is -1.90. The van der Waals surface area contributed by atoms with Gasteiger partial charge in [0.05, 0.1) is 0 Å². The van der Waals surface area contributed by atoms with Gasteiger partial charge in [0.25, 0.3) is 0 Å². The molecule has 1 nitrogen and oxygen atoms in total. The lowest BCUT2D eigenvalue weighted by Gasteiger charge is -1.95. The number of hydrogen-bond donors (Lipinski definition) is 1. The first-order valence-corrected chi connectivity index (χ1v) is 9.06. The summed E-state index contributed by atoms with van der Waals surface area (Å²) in [6.45, 7) is 29.0. The van der Waals surface area contributed by atoms with E-state index in [9.17, 15) is 0 Å². The van der Waals surface area contributed by atoms with Crippen LogP contribution in [0.15, 0.2) is 85.2 Å². The fourth-order valence-corrected chi connectivity index (χ4v) is 1.08. The zero-order valence-electron chi connectivity index (χ0n) is 17.8. The van der Waals surface area contributed by atoms with Gasteiger partial charge in [0.15, 0.2) is 0 Å².